The molecule has 1 heterocycles. The molecule has 5 rings (SSSR count). The number of benzene rings is 4. The van der Waals surface area contributed by atoms with Crippen LogP contribution in [0.5, 0.6) is 0 Å². The number of ether oxygens (including phenoxy) is 1. The number of carbonyl (C=O) groups excluding carboxylic acids is 1. The van der Waals surface area contributed by atoms with Crippen LogP contribution in [0.3, 0.4) is 0 Å². The number of anilines is 1. The molecule has 0 saturated carbocycles. The molecular formula is C31H29N5O3. The minimum atomic E-state index is -0.459. The Morgan fingerprint density at radius 1 is 1.10 bits per heavy atom. The van der Waals surface area contributed by atoms with Gasteiger partial charge >= 0.3 is 0 Å². The summed E-state index contributed by atoms with van der Waals surface area (Å²) in [7, 11) is 1.55. The first-order valence-electron chi connectivity index (χ1n) is 12.9. The van der Waals surface area contributed by atoms with E-state index in [2.05, 4.69) is 74.9 Å². The molecular weight excluding hydrogens is 490 g/mol. The Hall–Kier alpha value is -4.74. The molecule has 196 valence electrons. The molecule has 39 heavy (non-hydrogen) atoms. The first-order chi connectivity index (χ1) is 19.0. The number of hydrogen-bond acceptors (Lipinski definition) is 6. The Morgan fingerprint density at radius 3 is 2.62 bits per heavy atom. The summed E-state index contributed by atoms with van der Waals surface area (Å²) in [6, 6.07) is 18.8. The van der Waals surface area contributed by atoms with E-state index in [9.17, 15) is 9.59 Å². The average molecular weight is 520 g/mol. The maximum Gasteiger partial charge on any atom is 0.262 e. The monoisotopic (exact) mass is 519 g/mol. The number of H-pyrrole nitrogens is 1. The van der Waals surface area contributed by atoms with Gasteiger partial charge in [-0.3, -0.25) is 15.0 Å². The lowest BCUT2D eigenvalue weighted by Crippen LogP contribution is -2.27. The van der Waals surface area contributed by atoms with Gasteiger partial charge in [0.15, 0.2) is 0 Å². The van der Waals surface area contributed by atoms with Crippen LogP contribution in [0.2, 0.25) is 0 Å². The van der Waals surface area contributed by atoms with Gasteiger partial charge in [0.25, 0.3) is 5.56 Å². The fourth-order valence-electron chi connectivity index (χ4n) is 4.92. The van der Waals surface area contributed by atoms with Gasteiger partial charge in [-0.25, -0.2) is 4.98 Å². The van der Waals surface area contributed by atoms with Crippen LogP contribution in [0.4, 0.5) is 5.82 Å². The van der Waals surface area contributed by atoms with Crippen LogP contribution >= 0.6 is 0 Å². The van der Waals surface area contributed by atoms with Gasteiger partial charge in [-0.05, 0) is 56.3 Å². The minimum Gasteiger partial charge on any atom is -0.362 e. The van der Waals surface area contributed by atoms with Crippen LogP contribution < -0.4 is 16.2 Å². The van der Waals surface area contributed by atoms with Gasteiger partial charge in [0, 0.05) is 20.1 Å². The molecule has 4 N–H and O–H groups in total. The van der Waals surface area contributed by atoms with E-state index < -0.39 is 5.56 Å². The van der Waals surface area contributed by atoms with E-state index in [0.717, 1.165) is 21.7 Å². The average Bonchev–Trinajstić information content (AvgIpc) is 2.94. The highest BCUT2D eigenvalue weighted by molar-refractivity contribution is 6.24. The van der Waals surface area contributed by atoms with Gasteiger partial charge in [0.2, 0.25) is 5.91 Å². The van der Waals surface area contributed by atoms with Crippen molar-refractivity contribution in [3.63, 3.8) is 0 Å². The highest BCUT2D eigenvalue weighted by atomic mass is 16.5. The number of carbonyl (C=O) groups is 1. The van der Waals surface area contributed by atoms with Crippen molar-refractivity contribution in [2.75, 3.05) is 19.0 Å². The molecule has 8 nitrogen and oxygen atoms in total. The Bertz CT molecular complexity index is 1790. The van der Waals surface area contributed by atoms with E-state index in [4.69, 9.17) is 10.1 Å². The molecule has 4 aromatic carbocycles. The predicted molar refractivity (Wildman–Crippen MR) is 156 cm³/mol. The van der Waals surface area contributed by atoms with Crippen LogP contribution in [-0.4, -0.2) is 41.5 Å². The standard InChI is InChI=1S/C31H29N5O3/c1-3-26(39-2)36-30-29(31(38)35-18-34-30)24(32)12-4-5-15-33-25(37)17-22-16-21-10-6-8-19-13-14-20-9-7-11-23(22)28(20)27(19)21/h6-11,13-14,16,18,26,32H,3,5,15,17H2,1-2H3,(H,33,37)(H2,34,35,36,38)/t26-/m1/s1. The highest BCUT2D eigenvalue weighted by Crippen LogP contribution is 2.36. The minimum absolute atomic E-state index is 0.0539. The molecule has 8 heteroatoms. The molecule has 0 fully saturated rings. The van der Waals surface area contributed by atoms with E-state index in [1.54, 1.807) is 7.11 Å². The van der Waals surface area contributed by atoms with Gasteiger partial charge in [-0.15, -0.1) is 0 Å². The summed E-state index contributed by atoms with van der Waals surface area (Å²) in [5, 5.41) is 21.2. The second kappa shape index (κ2) is 11.3. The van der Waals surface area contributed by atoms with Crippen molar-refractivity contribution in [3.05, 3.63) is 82.4 Å². The summed E-state index contributed by atoms with van der Waals surface area (Å²) in [6.07, 6.45) is 2.17. The van der Waals surface area contributed by atoms with E-state index in [1.165, 1.54) is 22.5 Å². The van der Waals surface area contributed by atoms with Crippen molar-refractivity contribution >= 4 is 49.8 Å². The fourth-order valence-corrected chi connectivity index (χ4v) is 4.92. The van der Waals surface area contributed by atoms with Crippen molar-refractivity contribution in [2.45, 2.75) is 32.4 Å². The number of methoxy groups -OCH3 is 1. The van der Waals surface area contributed by atoms with Gasteiger partial charge in [0.05, 0.1) is 12.7 Å². The third kappa shape index (κ3) is 5.31. The predicted octanol–water partition coefficient (Wildman–Crippen LogP) is 4.58. The molecule has 0 aliphatic carbocycles. The molecule has 1 amide bonds. The Balaban J connectivity index is 1.25. The number of aromatic amines is 1. The molecule has 0 bridgehead atoms. The lowest BCUT2D eigenvalue weighted by atomic mass is 9.90. The largest absolute Gasteiger partial charge is 0.362 e. The Labute approximate surface area is 225 Å². The van der Waals surface area contributed by atoms with E-state index in [-0.39, 0.29) is 35.6 Å². The van der Waals surface area contributed by atoms with Crippen LogP contribution in [0.15, 0.2) is 65.7 Å². The number of hydrogen-bond donors (Lipinski definition) is 4. The van der Waals surface area contributed by atoms with Gasteiger partial charge < -0.3 is 20.4 Å². The Kier molecular flexibility index (Phi) is 7.53. The van der Waals surface area contributed by atoms with Crippen LogP contribution in [0, 0.1) is 17.3 Å². The lowest BCUT2D eigenvalue weighted by Gasteiger charge is -2.16. The molecule has 0 radical (unpaired) electrons. The molecule has 5 aromatic rings. The van der Waals surface area contributed by atoms with E-state index in [1.807, 2.05) is 19.1 Å². The quantitative estimate of drug-likeness (QED) is 0.0747. The maximum absolute atomic E-state index is 12.8. The fraction of sp³-hybridized carbons (Fsp3) is 0.226. The summed E-state index contributed by atoms with van der Waals surface area (Å²) < 4.78 is 5.30. The normalized spacial score (nSPS) is 11.8. The van der Waals surface area contributed by atoms with Crippen LogP contribution in [0.1, 0.15) is 30.9 Å². The van der Waals surface area contributed by atoms with Crippen molar-refractivity contribution in [3.8, 4) is 11.8 Å². The van der Waals surface area contributed by atoms with Crippen molar-refractivity contribution in [1.82, 2.24) is 15.3 Å². The van der Waals surface area contributed by atoms with E-state index >= 15 is 0 Å². The molecule has 0 aliphatic heterocycles. The van der Waals surface area contributed by atoms with Gasteiger partial charge in [-0.2, -0.15) is 0 Å². The van der Waals surface area contributed by atoms with Crippen LogP contribution in [-0.2, 0) is 16.0 Å². The number of amides is 1. The van der Waals surface area contributed by atoms with Crippen molar-refractivity contribution in [1.29, 1.82) is 5.41 Å². The number of nitrogens with one attached hydrogen (secondary N) is 4. The van der Waals surface area contributed by atoms with Crippen LogP contribution in [0.25, 0.3) is 32.3 Å². The summed E-state index contributed by atoms with van der Waals surface area (Å²) >= 11 is 0. The number of nitrogens with zero attached hydrogens (tertiary/aromatic N) is 1. The lowest BCUT2D eigenvalue weighted by molar-refractivity contribution is -0.120. The zero-order valence-electron chi connectivity index (χ0n) is 21.9. The molecule has 0 aliphatic rings. The van der Waals surface area contributed by atoms with E-state index in [0.29, 0.717) is 19.4 Å². The smallest absolute Gasteiger partial charge is 0.262 e. The first kappa shape index (κ1) is 25.9. The molecule has 0 saturated heterocycles. The zero-order valence-corrected chi connectivity index (χ0v) is 21.9. The molecule has 0 spiro atoms. The first-order valence-corrected chi connectivity index (χ1v) is 12.9. The van der Waals surface area contributed by atoms with Crippen molar-refractivity contribution < 1.29 is 9.53 Å². The molecule has 1 aromatic heterocycles. The molecule has 1 atom stereocenters. The van der Waals surface area contributed by atoms with Gasteiger partial charge in [0.1, 0.15) is 23.3 Å². The number of rotatable bonds is 9. The van der Waals surface area contributed by atoms with Crippen molar-refractivity contribution in [2.24, 2.45) is 0 Å². The topological polar surface area (TPSA) is 120 Å². The number of aromatic nitrogens is 2. The zero-order chi connectivity index (χ0) is 27.4. The third-order valence-electron chi connectivity index (χ3n) is 6.79. The van der Waals surface area contributed by atoms with Gasteiger partial charge in [-0.1, -0.05) is 61.4 Å². The molecule has 0 unspecified atom stereocenters. The SMILES string of the molecule is CC[C@H](Nc1nc[nH]c(=O)c1C(=N)C#CCCNC(=O)Cc1cc2cccc3ccc4cccc1c4c32)OC. The second-order valence-electron chi connectivity index (χ2n) is 9.27. The summed E-state index contributed by atoms with van der Waals surface area (Å²) in [5.41, 5.74) is 0.421. The second-order valence-corrected chi connectivity index (χ2v) is 9.27. The third-order valence-corrected chi connectivity index (χ3v) is 6.79. The maximum atomic E-state index is 12.8. The summed E-state index contributed by atoms with van der Waals surface area (Å²) in [5.74, 6) is 5.74. The summed E-state index contributed by atoms with van der Waals surface area (Å²) in [6.45, 7) is 2.26. The summed E-state index contributed by atoms with van der Waals surface area (Å²) in [4.78, 5) is 31.8. The Morgan fingerprint density at radius 2 is 1.85 bits per heavy atom. The highest BCUT2D eigenvalue weighted by Gasteiger charge is 2.16.